The molecule has 24 heteroatoms. The van der Waals surface area contributed by atoms with Gasteiger partial charge in [0, 0.05) is 6.42 Å². The molecule has 0 aromatic carbocycles. The highest BCUT2D eigenvalue weighted by Crippen LogP contribution is 2.60. The van der Waals surface area contributed by atoms with Crippen molar-refractivity contribution in [2.24, 2.45) is 0 Å². The molecular weight excluding hydrogens is 668 g/mol. The molecule has 3 saturated heterocycles. The van der Waals surface area contributed by atoms with Crippen LogP contribution in [-0.4, -0.2) is 87.9 Å². The van der Waals surface area contributed by atoms with Crippen LogP contribution in [0, 0.1) is 0 Å². The van der Waals surface area contributed by atoms with E-state index in [4.69, 9.17) is 33.3 Å². The monoisotopic (exact) mass is 691 g/mol. The van der Waals surface area contributed by atoms with Crippen LogP contribution in [0.3, 0.4) is 0 Å². The van der Waals surface area contributed by atoms with Gasteiger partial charge in [-0.1, -0.05) is 24.5 Å². The smallest absolute Gasteiger partial charge is 0.386 e. The lowest BCUT2D eigenvalue weighted by atomic mass is 10.1. The van der Waals surface area contributed by atoms with E-state index in [-0.39, 0.29) is 41.3 Å². The van der Waals surface area contributed by atoms with E-state index in [1.165, 1.54) is 21.8 Å². The Morgan fingerprint density at radius 2 is 1.59 bits per heavy atom. The molecule has 7 heterocycles. The number of rotatable bonds is 2. The fraction of sp³-hybridized carbons (Fsp3) is 0.500. The Hall–Kier alpha value is -2.62. The zero-order chi connectivity index (χ0) is 31.0. The molecule has 7 rings (SSSR count). The lowest BCUT2D eigenvalue weighted by molar-refractivity contribution is -0.0571. The average molecular weight is 692 g/mol. The van der Waals surface area contributed by atoms with Crippen LogP contribution in [0.15, 0.2) is 28.6 Å². The molecule has 20 nitrogen and oxygen atoms in total. The Balaban J connectivity index is 1.19. The van der Waals surface area contributed by atoms with Crippen molar-refractivity contribution in [1.29, 1.82) is 0 Å². The minimum absolute atomic E-state index is 0.0164. The van der Waals surface area contributed by atoms with Gasteiger partial charge in [-0.3, -0.25) is 41.8 Å². The van der Waals surface area contributed by atoms with Crippen LogP contribution >= 0.6 is 38.1 Å². The zero-order valence-electron chi connectivity index (χ0n) is 22.0. The summed E-state index contributed by atoms with van der Waals surface area (Å²) in [5, 5.41) is 11.2. The van der Waals surface area contributed by atoms with Gasteiger partial charge >= 0.3 is 13.6 Å². The fourth-order valence-electron chi connectivity index (χ4n) is 5.29. The number of aromatic nitrogens is 8. The van der Waals surface area contributed by atoms with E-state index >= 15 is 0 Å². The Labute approximate surface area is 255 Å². The first-order valence-electron chi connectivity index (χ1n) is 12.8. The zero-order valence-corrected chi connectivity index (χ0v) is 25.6. The van der Waals surface area contributed by atoms with Crippen LogP contribution in [-0.2, 0) is 36.7 Å². The van der Waals surface area contributed by atoms with Gasteiger partial charge < -0.3 is 25.3 Å². The summed E-state index contributed by atoms with van der Waals surface area (Å²) in [5.41, 5.74) is 4.72. The van der Waals surface area contributed by atoms with Crippen molar-refractivity contribution in [3.05, 3.63) is 39.7 Å². The quantitative estimate of drug-likeness (QED) is 0.122. The molecule has 3 aliphatic heterocycles. The molecule has 9 atom stereocenters. The van der Waals surface area contributed by atoms with E-state index < -0.39 is 74.3 Å². The molecule has 4 aromatic heterocycles. The minimum atomic E-state index is -4.21. The first-order valence-corrected chi connectivity index (χ1v) is 18.2. The van der Waals surface area contributed by atoms with Crippen molar-refractivity contribution in [3.63, 3.8) is 0 Å². The molecule has 5 N–H and O–H groups in total. The third-order valence-electron chi connectivity index (χ3n) is 7.17. The van der Waals surface area contributed by atoms with Crippen LogP contribution in [0.5, 0.6) is 0 Å². The third-order valence-corrected chi connectivity index (χ3v) is 10.4. The number of imidazole rings is 2. The standard InChI is InChI=1S/C20H23N9O11P2S2/c21-20-26-15-11(17(32)27-20)25-6-29(15)18-8-1-7(37-18)2-35-42(34,44)40-13-9(3-36-41(33,43)39-8)38-19(12(13)30)28-5-24-10-14(28)22-4-23-16(10)31/h4-9,12-13,18-19,30H,1-3H2,(H,33,43)(H,34,44)(H,22,23,31)(H3,21,26,27,32)/t7-,8+,9+,12+,13+,18+,19+,41-,42+/m0/s1. The summed E-state index contributed by atoms with van der Waals surface area (Å²) >= 11 is 8.21. The first-order chi connectivity index (χ1) is 20.9. The topological polar surface area (TPSA) is 263 Å². The number of nitrogens with zero attached hydrogens (tertiary/aromatic N) is 6. The van der Waals surface area contributed by atoms with Gasteiger partial charge in [0.1, 0.15) is 24.4 Å². The Morgan fingerprint density at radius 3 is 2.36 bits per heavy atom. The molecule has 2 bridgehead atoms. The summed E-state index contributed by atoms with van der Waals surface area (Å²) < 4.78 is 64.0. The van der Waals surface area contributed by atoms with Crippen LogP contribution in [0.25, 0.3) is 22.3 Å². The second-order valence-corrected chi connectivity index (χ2v) is 15.8. The number of aliphatic hydroxyl groups excluding tert-OH is 1. The molecule has 3 aliphatic rings. The van der Waals surface area contributed by atoms with Crippen molar-refractivity contribution >= 4 is 66.4 Å². The Kier molecular flexibility index (Phi) is 7.53. The molecule has 0 unspecified atom stereocenters. The lowest BCUT2D eigenvalue weighted by Gasteiger charge is -2.26. The summed E-state index contributed by atoms with van der Waals surface area (Å²) in [7, 11) is 0. The molecule has 3 fully saturated rings. The maximum Gasteiger partial charge on any atom is 0.386 e. The van der Waals surface area contributed by atoms with Gasteiger partial charge in [-0.2, -0.15) is 4.98 Å². The first kappa shape index (κ1) is 30.1. The summed E-state index contributed by atoms with van der Waals surface area (Å²) in [6, 6.07) is 0. The van der Waals surface area contributed by atoms with Crippen molar-refractivity contribution in [1.82, 2.24) is 39.0 Å². The van der Waals surface area contributed by atoms with E-state index in [0.29, 0.717) is 0 Å². The lowest BCUT2D eigenvalue weighted by Crippen LogP contribution is -2.35. The molecule has 4 aromatic rings. The summed E-state index contributed by atoms with van der Waals surface area (Å²) in [6.45, 7) is -9.28. The highest BCUT2D eigenvalue weighted by atomic mass is 32.7. The highest BCUT2D eigenvalue weighted by Gasteiger charge is 2.51. The number of aliphatic hydroxyl groups is 1. The number of nitrogens with two attached hydrogens (primary N) is 1. The van der Waals surface area contributed by atoms with Crippen molar-refractivity contribution in [2.45, 2.75) is 49.4 Å². The molecule has 0 amide bonds. The maximum absolute atomic E-state index is 13.5. The largest absolute Gasteiger partial charge is 0.386 e. The average Bonchev–Trinajstić information content (AvgIpc) is 3.72. The number of nitrogens with one attached hydrogen (secondary N) is 2. The summed E-state index contributed by atoms with van der Waals surface area (Å²) in [4.78, 5) is 45.5. The number of hydrogen-bond donors (Lipinski definition) is 6. The molecule has 0 saturated carbocycles. The van der Waals surface area contributed by atoms with Gasteiger partial charge in [-0.15, -0.1) is 0 Å². The number of fused-ring (bicyclic) bond motifs is 5. The van der Waals surface area contributed by atoms with Gasteiger partial charge in [0.2, 0.25) is 5.95 Å². The fourth-order valence-corrected chi connectivity index (χ4v) is 8.29. The second-order valence-electron chi connectivity index (χ2n) is 10.0. The predicted molar refractivity (Wildman–Crippen MR) is 154 cm³/mol. The van der Waals surface area contributed by atoms with E-state index in [2.05, 4.69) is 54.4 Å². The van der Waals surface area contributed by atoms with Gasteiger partial charge in [0.15, 0.2) is 34.8 Å². The molecule has 0 radical (unpaired) electrons. The van der Waals surface area contributed by atoms with Gasteiger partial charge in [-0.25, -0.2) is 24.1 Å². The van der Waals surface area contributed by atoms with E-state index in [9.17, 15) is 23.8 Å². The number of thiol groups is 2. The molecule has 0 spiro atoms. The highest BCUT2D eigenvalue weighted by molar-refractivity contribution is 8.44. The van der Waals surface area contributed by atoms with Crippen LogP contribution in [0.1, 0.15) is 18.9 Å². The number of anilines is 1. The Morgan fingerprint density at radius 1 is 0.909 bits per heavy atom. The van der Waals surface area contributed by atoms with E-state index in [1.54, 1.807) is 0 Å². The second kappa shape index (κ2) is 11.0. The number of hydrogen-bond acceptors (Lipinski definition) is 16. The number of H-pyrrole nitrogens is 2. The van der Waals surface area contributed by atoms with Crippen LogP contribution in [0.4, 0.5) is 5.95 Å². The molecular formula is C20H23N9O11P2S2. The minimum Gasteiger partial charge on any atom is -0.386 e. The number of aromatic amines is 2. The van der Waals surface area contributed by atoms with Crippen molar-refractivity contribution < 1.29 is 41.8 Å². The van der Waals surface area contributed by atoms with Crippen LogP contribution < -0.4 is 16.9 Å². The maximum atomic E-state index is 13.5. The predicted octanol–water partition coefficient (Wildman–Crippen LogP) is 0.274. The number of ether oxygens (including phenoxy) is 2. The normalized spacial score (nSPS) is 36.6. The van der Waals surface area contributed by atoms with Gasteiger partial charge in [0.05, 0.1) is 38.3 Å². The van der Waals surface area contributed by atoms with E-state index in [1.807, 2.05) is 0 Å². The van der Waals surface area contributed by atoms with E-state index in [0.717, 1.165) is 6.33 Å². The SMILES string of the molecule is Nc1nc2c(ncn2[C@@H]2O[C@@H]3CO[P@@](=O)(S)O[C@H]4[C@@H](O)[C@H](n5cnc6c(=O)[nH]cnc65)O[C@@H]4CO[P@](=O)(S)O[C@@H]2C3)c(=O)[nH]1. The molecule has 236 valence electrons. The Bertz CT molecular complexity index is 1970. The summed E-state index contributed by atoms with van der Waals surface area (Å²) in [6.07, 6.45) is -4.62. The van der Waals surface area contributed by atoms with Crippen molar-refractivity contribution in [2.75, 3.05) is 18.9 Å². The number of nitrogen functional groups attached to an aromatic ring is 1. The van der Waals surface area contributed by atoms with Gasteiger partial charge in [-0.05, 0) is 0 Å². The molecule has 44 heavy (non-hydrogen) atoms. The van der Waals surface area contributed by atoms with Gasteiger partial charge in [0.25, 0.3) is 11.1 Å². The van der Waals surface area contributed by atoms with Crippen molar-refractivity contribution in [3.8, 4) is 0 Å². The van der Waals surface area contributed by atoms with Crippen LogP contribution in [0.2, 0.25) is 0 Å². The third kappa shape index (κ3) is 5.43. The summed E-state index contributed by atoms with van der Waals surface area (Å²) in [5.74, 6) is -0.170. The molecule has 0 aliphatic carbocycles.